The minimum Gasteiger partial charge on any atom is -0.713 e. The van der Waals surface area contributed by atoms with E-state index in [4.69, 9.17) is 50.4 Å². The quantitative estimate of drug-likeness (QED) is 0.0496. The van der Waals surface area contributed by atoms with E-state index < -0.39 is 38.2 Å². The molecule has 0 bridgehead atoms. The molecule has 0 unspecified atom stereocenters. The highest BCUT2D eigenvalue weighted by molar-refractivity contribution is 6.31. The fraction of sp³-hybridized carbons (Fsp3) is 0. The van der Waals surface area contributed by atoms with E-state index in [2.05, 4.69) is 5.73 Å². The van der Waals surface area contributed by atoms with Crippen molar-refractivity contribution in [3.05, 3.63) is 5.21 Å². The lowest BCUT2D eigenvalue weighted by Gasteiger charge is -1.98. The van der Waals surface area contributed by atoms with Gasteiger partial charge in [-0.05, 0) is 4.48 Å². The monoisotopic (exact) mass is 313 g/mol. The van der Waals surface area contributed by atoms with Crippen LogP contribution in [0.1, 0.15) is 0 Å². The lowest BCUT2D eigenvalue weighted by molar-refractivity contribution is -0.662. The van der Waals surface area contributed by atoms with Crippen LogP contribution in [0.2, 0.25) is 0 Å². The van der Waals surface area contributed by atoms with Crippen LogP contribution < -0.4 is 5.73 Å². The van der Waals surface area contributed by atoms with Crippen LogP contribution in [0.3, 0.4) is 0 Å². The molecule has 0 fully saturated rings. The summed E-state index contributed by atoms with van der Waals surface area (Å²) in [5, 5.41) is 79.9. The molecule has 19 heteroatoms. The Morgan fingerprint density at radius 1 is 0.900 bits per heavy atom. The molecule has 0 amide bonds. The average molecular weight is 313 g/mol. The van der Waals surface area contributed by atoms with Crippen molar-refractivity contribution < 1.29 is 64.3 Å². The lowest BCUT2D eigenvalue weighted by atomic mass is 10.3. The summed E-state index contributed by atoms with van der Waals surface area (Å²) in [6.45, 7) is 0. The van der Waals surface area contributed by atoms with Gasteiger partial charge in [0, 0.05) is 4.48 Å². The van der Waals surface area contributed by atoms with Gasteiger partial charge in [-0.1, -0.05) is 4.96 Å². The summed E-state index contributed by atoms with van der Waals surface area (Å²) in [6.07, 6.45) is 0. The molecule has 14 nitrogen and oxygen atoms in total. The normalized spacial score (nSPS) is 9.20. The van der Waals surface area contributed by atoms with Gasteiger partial charge in [0.15, 0.2) is 0 Å². The van der Waals surface area contributed by atoms with E-state index in [1.165, 1.54) is 0 Å². The summed E-state index contributed by atoms with van der Waals surface area (Å²) in [4.78, 5) is -1.51. The predicted molar refractivity (Wildman–Crippen MR) is 55.9 cm³/mol. The van der Waals surface area contributed by atoms with E-state index >= 15 is 0 Å². The maximum absolute atomic E-state index is 11.1. The third-order valence-corrected chi connectivity index (χ3v) is 0.369. The van der Waals surface area contributed by atoms with Crippen molar-refractivity contribution in [3.63, 3.8) is 0 Å². The molecule has 0 heterocycles. The molecule has 0 radical (unpaired) electrons. The number of hydroxylamine groups is 1. The highest BCUT2D eigenvalue weighted by Gasteiger charge is 2.11. The van der Waals surface area contributed by atoms with Gasteiger partial charge in [-0.3, -0.25) is 5.73 Å². The molecule has 0 aromatic heterocycles. The smallest absolute Gasteiger partial charge is 0.631 e. The van der Waals surface area contributed by atoms with Gasteiger partial charge in [-0.2, -0.15) is 5.21 Å². The lowest BCUT2D eigenvalue weighted by Crippen LogP contribution is -2.33. The van der Waals surface area contributed by atoms with E-state index in [0.717, 1.165) is 0 Å². The molecule has 0 atom stereocenters. The van der Waals surface area contributed by atoms with Gasteiger partial charge < -0.3 is 50.4 Å². The SMILES string of the molecule is NC(N(O)F)=[N+]([O-])F.OB(O)O.OB(O)O.OB(O)O. The van der Waals surface area contributed by atoms with Gasteiger partial charge in [0.25, 0.3) is 0 Å². The maximum Gasteiger partial charge on any atom is 0.631 e. The molecule has 0 aromatic carbocycles. The van der Waals surface area contributed by atoms with Crippen LogP contribution in [0, 0.1) is 5.21 Å². The average Bonchev–Trinajstić information content (AvgIpc) is 2.13. The summed E-state index contributed by atoms with van der Waals surface area (Å²) in [5.74, 6) is -1.56. The summed E-state index contributed by atoms with van der Waals surface area (Å²) >= 11 is 0. The molecule has 0 spiro atoms. The number of guanidine groups is 1. The van der Waals surface area contributed by atoms with Gasteiger partial charge >= 0.3 is 27.9 Å². The number of halogens is 2. The van der Waals surface area contributed by atoms with Gasteiger partial charge in [0.2, 0.25) is 0 Å². The predicted octanol–water partition coefficient (Wildman–Crippen LogP) is -6.88. The zero-order valence-electron chi connectivity index (χ0n) is 9.34. The van der Waals surface area contributed by atoms with Crippen LogP contribution in [-0.2, 0) is 0 Å². The highest BCUT2D eigenvalue weighted by atomic mass is 19.2. The Hall–Kier alpha value is -1.28. The number of rotatable bonds is 0. The van der Waals surface area contributed by atoms with E-state index in [1.54, 1.807) is 0 Å². The molecule has 12 N–H and O–H groups in total. The number of nitrogens with two attached hydrogens (primary N) is 1. The van der Waals surface area contributed by atoms with Crippen LogP contribution in [-0.4, -0.2) is 88.6 Å². The second-order valence-electron chi connectivity index (χ2n) is 1.90. The Kier molecular flexibility index (Phi) is 24.0. The summed E-state index contributed by atoms with van der Waals surface area (Å²) in [7, 11) is -6.50. The van der Waals surface area contributed by atoms with Crippen LogP contribution in [0.5, 0.6) is 0 Å². The molecular formula is CH12B3F2N3O11. The van der Waals surface area contributed by atoms with E-state index in [9.17, 15) is 14.2 Å². The number of hydrogen-bond donors (Lipinski definition) is 11. The Balaban J connectivity index is -0.0000000917. The third-order valence-electron chi connectivity index (χ3n) is 0.369. The molecule has 0 aliphatic rings. The molecule has 0 saturated carbocycles. The minimum absolute atomic E-state index is 1.33. The molecule has 0 saturated heterocycles. The van der Waals surface area contributed by atoms with Crippen molar-refractivity contribution in [1.82, 2.24) is 5.29 Å². The first-order valence-corrected chi connectivity index (χ1v) is 3.78. The molecule has 0 rings (SSSR count). The Morgan fingerprint density at radius 3 is 1.05 bits per heavy atom. The van der Waals surface area contributed by atoms with Gasteiger partial charge in [0.1, 0.15) is 0 Å². The van der Waals surface area contributed by atoms with Gasteiger partial charge in [-0.25, -0.2) is 0 Å². The molecule has 0 aromatic rings. The zero-order valence-corrected chi connectivity index (χ0v) is 9.34. The molecule has 0 aliphatic heterocycles. The molecule has 20 heavy (non-hydrogen) atoms. The largest absolute Gasteiger partial charge is 0.713 e. The Bertz CT molecular complexity index is 202. The Morgan fingerprint density at radius 2 is 1.05 bits per heavy atom. The first-order valence-electron chi connectivity index (χ1n) is 3.78. The van der Waals surface area contributed by atoms with Crippen molar-refractivity contribution >= 4 is 27.9 Å². The van der Waals surface area contributed by atoms with Crippen LogP contribution in [0.25, 0.3) is 0 Å². The summed E-state index contributed by atoms with van der Waals surface area (Å²) in [6, 6.07) is 0. The Labute approximate surface area is 110 Å². The van der Waals surface area contributed by atoms with Crippen molar-refractivity contribution in [3.8, 4) is 0 Å². The highest BCUT2D eigenvalue weighted by Crippen LogP contribution is 1.80. The second kappa shape index (κ2) is 17.7. The second-order valence-corrected chi connectivity index (χ2v) is 1.90. The van der Waals surface area contributed by atoms with Crippen molar-refractivity contribution in [2.24, 2.45) is 5.73 Å². The first-order chi connectivity index (χ1) is 8.75. The van der Waals surface area contributed by atoms with E-state index in [1.807, 2.05) is 0 Å². The third kappa shape index (κ3) is 91.4. The van der Waals surface area contributed by atoms with Crippen molar-refractivity contribution in [2.45, 2.75) is 0 Å². The number of nitrogens with zero attached hydrogens (tertiary/aromatic N) is 2. The van der Waals surface area contributed by atoms with Crippen LogP contribution in [0.15, 0.2) is 0 Å². The number of hydrogen-bond acceptors (Lipinski definition) is 11. The fourth-order valence-electron chi connectivity index (χ4n) is 0.0649. The fourth-order valence-corrected chi connectivity index (χ4v) is 0.0649. The first kappa shape index (κ1) is 27.1. The van der Waals surface area contributed by atoms with Crippen LogP contribution in [0.4, 0.5) is 8.96 Å². The zero-order chi connectivity index (χ0) is 17.5. The van der Waals surface area contributed by atoms with Gasteiger partial charge in [-0.15, -0.1) is 0 Å². The van der Waals surface area contributed by atoms with Crippen LogP contribution >= 0.6 is 0 Å². The molecule has 120 valence electrons. The van der Waals surface area contributed by atoms with Gasteiger partial charge in [0.05, 0.1) is 5.29 Å². The maximum atomic E-state index is 11.1. The van der Waals surface area contributed by atoms with E-state index in [0.29, 0.717) is 0 Å². The topological polar surface area (TPSA) is 258 Å². The molecular weight excluding hydrogens is 300 g/mol. The standard InChI is InChI=1S/CH3F2N3O2.3BH3O3/c2-5(7)1(4)6(3)8;3*2-1(3)4/h7H,4H2;3*2-4H. The van der Waals surface area contributed by atoms with E-state index in [-0.39, 0.29) is 0 Å². The van der Waals surface area contributed by atoms with Crippen molar-refractivity contribution in [1.29, 1.82) is 0 Å². The minimum atomic E-state index is -2.17. The van der Waals surface area contributed by atoms with Crippen molar-refractivity contribution in [2.75, 3.05) is 0 Å². The molecule has 0 aliphatic carbocycles. The summed E-state index contributed by atoms with van der Waals surface area (Å²) < 4.78 is 22.1. The summed E-state index contributed by atoms with van der Waals surface area (Å²) in [5.41, 5.74) is 4.22.